The molecule has 0 bridgehead atoms. The normalized spacial score (nSPS) is 20.0. The Kier molecular flexibility index (Phi) is 5.20. The van der Waals surface area contributed by atoms with Crippen molar-refractivity contribution in [1.29, 1.82) is 0 Å². The first-order valence-corrected chi connectivity index (χ1v) is 9.31. The van der Waals surface area contributed by atoms with E-state index in [4.69, 9.17) is 4.74 Å². The number of nitrogens with zero attached hydrogens (tertiary/aromatic N) is 4. The van der Waals surface area contributed by atoms with Gasteiger partial charge in [0.25, 0.3) is 0 Å². The minimum atomic E-state index is -4.56. The summed E-state index contributed by atoms with van der Waals surface area (Å²) in [6.07, 6.45) is -3.51. The van der Waals surface area contributed by atoms with E-state index in [0.29, 0.717) is 35.9 Å². The maximum Gasteiger partial charge on any atom is 0.416 e. The topological polar surface area (TPSA) is 91.6 Å². The van der Waals surface area contributed by atoms with Gasteiger partial charge in [-0.3, -0.25) is 4.98 Å². The van der Waals surface area contributed by atoms with Crippen LogP contribution < -0.4 is 4.90 Å². The Balaban J connectivity index is 1.81. The van der Waals surface area contributed by atoms with Crippen molar-refractivity contribution in [2.45, 2.75) is 25.3 Å². The van der Waals surface area contributed by atoms with Crippen LogP contribution in [-0.4, -0.2) is 57.3 Å². The molecule has 1 aliphatic heterocycles. The molecule has 1 aliphatic rings. The molecule has 2 atom stereocenters. The maximum atomic E-state index is 12.9. The molecule has 1 fully saturated rings. The summed E-state index contributed by atoms with van der Waals surface area (Å²) in [5.74, 6) is -0.0632. The number of rotatable bonds is 3. The SMILES string of the molecule is CC1CN(c2nnc(-c3ccc(C(F)(F)F)cc3O)c3cccnc23)CC(CO)O1. The molecule has 7 nitrogen and oxygen atoms in total. The number of pyridine rings is 1. The molecule has 0 radical (unpaired) electrons. The summed E-state index contributed by atoms with van der Waals surface area (Å²) in [5, 5.41) is 28.7. The van der Waals surface area contributed by atoms with Gasteiger partial charge in [0.15, 0.2) is 5.82 Å². The lowest BCUT2D eigenvalue weighted by Gasteiger charge is -2.36. The standard InChI is InChI=1S/C20H19F3N4O3/c1-11-8-27(9-13(10-28)30-11)19-18-15(3-2-6-24-18)17(25-26-19)14-5-4-12(7-16(14)29)20(21,22)23/h2-7,11,13,28-29H,8-10H2,1H3. The zero-order valence-electron chi connectivity index (χ0n) is 16.0. The summed E-state index contributed by atoms with van der Waals surface area (Å²) in [6.45, 7) is 2.65. The first-order valence-electron chi connectivity index (χ1n) is 9.31. The van der Waals surface area contributed by atoms with Crippen molar-refractivity contribution >= 4 is 16.7 Å². The number of phenols is 1. The second-order valence-electron chi connectivity index (χ2n) is 7.16. The van der Waals surface area contributed by atoms with Gasteiger partial charge in [0.1, 0.15) is 17.0 Å². The van der Waals surface area contributed by atoms with Crippen molar-refractivity contribution in [3.05, 3.63) is 42.1 Å². The lowest BCUT2D eigenvalue weighted by molar-refractivity contribution is -0.137. The van der Waals surface area contributed by atoms with E-state index in [-0.39, 0.29) is 30.1 Å². The second-order valence-corrected chi connectivity index (χ2v) is 7.16. The number of hydrogen-bond donors (Lipinski definition) is 2. The Labute approximate surface area is 169 Å². The molecular weight excluding hydrogens is 401 g/mol. The number of aromatic hydroxyl groups is 1. The van der Waals surface area contributed by atoms with E-state index < -0.39 is 17.5 Å². The maximum absolute atomic E-state index is 12.9. The first-order chi connectivity index (χ1) is 14.3. The number of aliphatic hydroxyl groups is 1. The Morgan fingerprint density at radius 1 is 1.20 bits per heavy atom. The third-order valence-electron chi connectivity index (χ3n) is 4.93. The predicted molar refractivity (Wildman–Crippen MR) is 103 cm³/mol. The van der Waals surface area contributed by atoms with Gasteiger partial charge in [-0.25, -0.2) is 0 Å². The van der Waals surface area contributed by atoms with Crippen LogP contribution in [0, 0.1) is 0 Å². The molecule has 3 heterocycles. The fourth-order valence-corrected chi connectivity index (χ4v) is 3.61. The van der Waals surface area contributed by atoms with E-state index in [2.05, 4.69) is 15.2 Å². The first kappa shape index (κ1) is 20.3. The van der Waals surface area contributed by atoms with Gasteiger partial charge in [-0.05, 0) is 37.3 Å². The third kappa shape index (κ3) is 3.75. The molecule has 1 saturated heterocycles. The summed E-state index contributed by atoms with van der Waals surface area (Å²) in [7, 11) is 0. The molecule has 0 spiro atoms. The predicted octanol–water partition coefficient (Wildman–Crippen LogP) is 3.00. The van der Waals surface area contributed by atoms with Crippen LogP contribution in [-0.2, 0) is 10.9 Å². The number of alkyl halides is 3. The number of ether oxygens (including phenoxy) is 1. The van der Waals surface area contributed by atoms with Gasteiger partial charge in [0, 0.05) is 30.2 Å². The fourth-order valence-electron chi connectivity index (χ4n) is 3.61. The summed E-state index contributed by atoms with van der Waals surface area (Å²) in [5.41, 5.74) is -0.0996. The van der Waals surface area contributed by atoms with Crippen molar-refractivity contribution in [3.8, 4) is 17.0 Å². The zero-order chi connectivity index (χ0) is 21.5. The van der Waals surface area contributed by atoms with Crippen molar-refractivity contribution in [3.63, 3.8) is 0 Å². The molecule has 2 N–H and O–H groups in total. The highest BCUT2D eigenvalue weighted by Gasteiger charge is 2.32. The summed E-state index contributed by atoms with van der Waals surface area (Å²) in [6, 6.07) is 6.13. The summed E-state index contributed by atoms with van der Waals surface area (Å²) in [4.78, 5) is 6.31. The quantitative estimate of drug-likeness (QED) is 0.673. The van der Waals surface area contributed by atoms with Gasteiger partial charge in [0.2, 0.25) is 0 Å². The van der Waals surface area contributed by atoms with Crippen LogP contribution in [0.2, 0.25) is 0 Å². The molecule has 4 rings (SSSR count). The lowest BCUT2D eigenvalue weighted by Crippen LogP contribution is -2.48. The monoisotopic (exact) mass is 420 g/mol. The molecule has 0 aliphatic carbocycles. The molecule has 3 aromatic rings. The Hall–Kier alpha value is -2.98. The minimum absolute atomic E-state index is 0.128. The van der Waals surface area contributed by atoms with Crippen LogP contribution in [0.25, 0.3) is 22.2 Å². The van der Waals surface area contributed by atoms with E-state index in [1.54, 1.807) is 18.3 Å². The largest absolute Gasteiger partial charge is 0.507 e. The van der Waals surface area contributed by atoms with Gasteiger partial charge in [-0.15, -0.1) is 10.2 Å². The van der Waals surface area contributed by atoms with E-state index in [1.165, 1.54) is 6.07 Å². The lowest BCUT2D eigenvalue weighted by atomic mass is 10.0. The number of hydrogen-bond acceptors (Lipinski definition) is 7. The molecule has 10 heteroatoms. The Bertz CT molecular complexity index is 1080. The highest BCUT2D eigenvalue weighted by molar-refractivity contribution is 5.98. The van der Waals surface area contributed by atoms with Crippen LogP contribution in [0.1, 0.15) is 12.5 Å². The molecule has 0 amide bonds. The Morgan fingerprint density at radius 2 is 2.00 bits per heavy atom. The van der Waals surface area contributed by atoms with Crippen LogP contribution >= 0.6 is 0 Å². The molecule has 0 saturated carbocycles. The van der Waals surface area contributed by atoms with Crippen LogP contribution in [0.15, 0.2) is 36.5 Å². The number of morpholine rings is 1. The molecule has 158 valence electrons. The minimum Gasteiger partial charge on any atom is -0.507 e. The van der Waals surface area contributed by atoms with Crippen LogP contribution in [0.3, 0.4) is 0 Å². The summed E-state index contributed by atoms with van der Waals surface area (Å²) >= 11 is 0. The van der Waals surface area contributed by atoms with Gasteiger partial charge >= 0.3 is 6.18 Å². The van der Waals surface area contributed by atoms with Gasteiger partial charge in [0.05, 0.1) is 24.4 Å². The van der Waals surface area contributed by atoms with Crippen molar-refractivity contribution < 1.29 is 28.1 Å². The number of aliphatic hydroxyl groups excluding tert-OH is 1. The third-order valence-corrected chi connectivity index (χ3v) is 4.93. The second kappa shape index (κ2) is 7.69. The van der Waals surface area contributed by atoms with E-state index in [1.807, 2.05) is 11.8 Å². The summed E-state index contributed by atoms with van der Waals surface area (Å²) < 4.78 is 44.4. The number of aromatic nitrogens is 3. The van der Waals surface area contributed by atoms with Gasteiger partial charge < -0.3 is 19.8 Å². The zero-order valence-corrected chi connectivity index (χ0v) is 16.0. The van der Waals surface area contributed by atoms with E-state index >= 15 is 0 Å². The van der Waals surface area contributed by atoms with Crippen molar-refractivity contribution in [2.24, 2.45) is 0 Å². The highest BCUT2D eigenvalue weighted by Crippen LogP contribution is 2.38. The highest BCUT2D eigenvalue weighted by atomic mass is 19.4. The van der Waals surface area contributed by atoms with Crippen molar-refractivity contribution in [2.75, 3.05) is 24.6 Å². The number of benzene rings is 1. The van der Waals surface area contributed by atoms with E-state index in [0.717, 1.165) is 6.07 Å². The number of halogens is 3. The van der Waals surface area contributed by atoms with Gasteiger partial charge in [-0.1, -0.05) is 0 Å². The van der Waals surface area contributed by atoms with Crippen LogP contribution in [0.5, 0.6) is 5.75 Å². The van der Waals surface area contributed by atoms with E-state index in [9.17, 15) is 23.4 Å². The average molecular weight is 420 g/mol. The smallest absolute Gasteiger partial charge is 0.416 e. The Morgan fingerprint density at radius 3 is 2.70 bits per heavy atom. The molecular formula is C20H19F3N4O3. The average Bonchev–Trinajstić information content (AvgIpc) is 2.72. The fraction of sp³-hybridized carbons (Fsp3) is 0.350. The number of phenolic OH excluding ortho intramolecular Hbond substituents is 1. The number of anilines is 1. The van der Waals surface area contributed by atoms with Crippen LogP contribution in [0.4, 0.5) is 19.0 Å². The van der Waals surface area contributed by atoms with Crippen molar-refractivity contribution in [1.82, 2.24) is 15.2 Å². The molecule has 1 aromatic carbocycles. The molecule has 2 aromatic heterocycles. The molecule has 2 unspecified atom stereocenters. The van der Waals surface area contributed by atoms with Gasteiger partial charge in [-0.2, -0.15) is 13.2 Å². The number of fused-ring (bicyclic) bond motifs is 1. The molecule has 30 heavy (non-hydrogen) atoms.